The lowest BCUT2D eigenvalue weighted by molar-refractivity contribution is 0.0175. The van der Waals surface area contributed by atoms with Crippen molar-refractivity contribution < 1.29 is 8.78 Å². The van der Waals surface area contributed by atoms with Crippen LogP contribution in [0.2, 0.25) is 0 Å². The van der Waals surface area contributed by atoms with Crippen LogP contribution in [0.1, 0.15) is 12.5 Å². The maximum Gasteiger partial charge on any atom is 0.270 e. The molecule has 4 rings (SSSR count). The molecule has 0 aliphatic heterocycles. The van der Waals surface area contributed by atoms with Gasteiger partial charge in [0.2, 0.25) is 0 Å². The molecular formula is C19H15F2N5S. The normalized spacial score (nSPS) is 11.9. The van der Waals surface area contributed by atoms with Gasteiger partial charge >= 0.3 is 0 Å². The van der Waals surface area contributed by atoms with Gasteiger partial charge in [0.15, 0.2) is 10.8 Å². The number of fused-ring (bicyclic) bond motifs is 1. The number of benzene rings is 1. The first-order valence-corrected chi connectivity index (χ1v) is 9.38. The molecule has 0 radical (unpaired) electrons. The first-order chi connectivity index (χ1) is 13.0. The number of hydrogen-bond acceptors (Lipinski definition) is 5. The summed E-state index contributed by atoms with van der Waals surface area (Å²) in [6, 6.07) is 8.05. The number of thioether (sulfide) groups is 1. The lowest BCUT2D eigenvalue weighted by atomic mass is 10.0. The van der Waals surface area contributed by atoms with Gasteiger partial charge in [-0.1, -0.05) is 30.0 Å². The molecule has 0 aliphatic carbocycles. The zero-order chi connectivity index (χ0) is 19.0. The highest BCUT2D eigenvalue weighted by Crippen LogP contribution is 2.35. The number of alkyl halides is 2. The molecule has 0 fully saturated rings. The van der Waals surface area contributed by atoms with Crippen LogP contribution in [-0.2, 0) is 5.92 Å². The minimum absolute atomic E-state index is 0.0615. The minimum Gasteiger partial charge on any atom is -0.295 e. The molecule has 0 amide bonds. The van der Waals surface area contributed by atoms with Crippen LogP contribution in [0.5, 0.6) is 0 Å². The van der Waals surface area contributed by atoms with Gasteiger partial charge in [-0.3, -0.25) is 9.38 Å². The predicted molar refractivity (Wildman–Crippen MR) is 101 cm³/mol. The van der Waals surface area contributed by atoms with Gasteiger partial charge in [0.25, 0.3) is 5.92 Å². The summed E-state index contributed by atoms with van der Waals surface area (Å²) in [5, 5.41) is 0.622. The molecule has 0 saturated carbocycles. The Balaban J connectivity index is 1.99. The molecule has 0 bridgehead atoms. The summed E-state index contributed by atoms with van der Waals surface area (Å²) in [4.78, 5) is 17.5. The Bertz CT molecular complexity index is 1120. The van der Waals surface area contributed by atoms with E-state index in [4.69, 9.17) is 0 Å². The highest BCUT2D eigenvalue weighted by Gasteiger charge is 2.25. The number of imidazole rings is 1. The predicted octanol–water partition coefficient (Wildman–Crippen LogP) is 4.69. The fraction of sp³-hybridized carbons (Fsp3) is 0.158. The summed E-state index contributed by atoms with van der Waals surface area (Å²) in [6.45, 7) is 0.885. The van der Waals surface area contributed by atoms with E-state index < -0.39 is 5.92 Å². The van der Waals surface area contributed by atoms with Crippen molar-refractivity contribution in [2.24, 2.45) is 0 Å². The Morgan fingerprint density at radius 2 is 1.96 bits per heavy atom. The monoisotopic (exact) mass is 383 g/mol. The largest absolute Gasteiger partial charge is 0.295 e. The molecule has 3 heterocycles. The second-order valence-corrected chi connectivity index (χ2v) is 6.78. The SMILES string of the molecule is CSc1nccc(-c2c(-c3cccc(C(C)(F)F)c3)nc3cnccn23)n1. The number of rotatable bonds is 4. The minimum atomic E-state index is -2.93. The van der Waals surface area contributed by atoms with E-state index in [1.165, 1.54) is 23.9 Å². The van der Waals surface area contributed by atoms with Gasteiger partial charge in [0.05, 0.1) is 23.3 Å². The fourth-order valence-electron chi connectivity index (χ4n) is 2.86. The molecule has 0 atom stereocenters. The van der Waals surface area contributed by atoms with Crippen molar-refractivity contribution in [3.8, 4) is 22.6 Å². The van der Waals surface area contributed by atoms with Crippen molar-refractivity contribution in [1.29, 1.82) is 0 Å². The second kappa shape index (κ2) is 6.70. The molecule has 3 aromatic heterocycles. The third-order valence-corrected chi connectivity index (χ3v) is 4.69. The first-order valence-electron chi connectivity index (χ1n) is 8.15. The third kappa shape index (κ3) is 3.28. The van der Waals surface area contributed by atoms with Crippen molar-refractivity contribution in [1.82, 2.24) is 24.3 Å². The number of aromatic nitrogens is 5. The van der Waals surface area contributed by atoms with E-state index in [9.17, 15) is 8.78 Å². The molecule has 8 heteroatoms. The lowest BCUT2D eigenvalue weighted by Gasteiger charge is -2.12. The molecule has 0 N–H and O–H groups in total. The summed E-state index contributed by atoms with van der Waals surface area (Å²) < 4.78 is 29.5. The van der Waals surface area contributed by atoms with Gasteiger partial charge in [0, 0.05) is 36.6 Å². The van der Waals surface area contributed by atoms with E-state index in [1.54, 1.807) is 43.0 Å². The van der Waals surface area contributed by atoms with E-state index in [2.05, 4.69) is 19.9 Å². The van der Waals surface area contributed by atoms with Crippen LogP contribution in [0, 0.1) is 0 Å². The van der Waals surface area contributed by atoms with Crippen LogP contribution >= 0.6 is 11.8 Å². The maximum absolute atomic E-state index is 13.8. The molecule has 5 nitrogen and oxygen atoms in total. The molecule has 0 aliphatic rings. The number of halogens is 2. The van der Waals surface area contributed by atoms with Crippen LogP contribution in [0.15, 0.2) is 60.3 Å². The Morgan fingerprint density at radius 1 is 1.11 bits per heavy atom. The Hall–Kier alpha value is -2.87. The van der Waals surface area contributed by atoms with Crippen molar-refractivity contribution in [2.45, 2.75) is 18.0 Å². The second-order valence-electron chi connectivity index (χ2n) is 6.01. The van der Waals surface area contributed by atoms with E-state index in [1.807, 2.05) is 10.7 Å². The fourth-order valence-corrected chi connectivity index (χ4v) is 3.22. The molecule has 0 spiro atoms. The van der Waals surface area contributed by atoms with Crippen LogP contribution < -0.4 is 0 Å². The zero-order valence-corrected chi connectivity index (χ0v) is 15.4. The number of hydrogen-bond donors (Lipinski definition) is 0. The van der Waals surface area contributed by atoms with Crippen LogP contribution in [0.4, 0.5) is 8.78 Å². The summed E-state index contributed by atoms with van der Waals surface area (Å²) in [7, 11) is 0. The summed E-state index contributed by atoms with van der Waals surface area (Å²) in [5.41, 5.74) is 3.09. The van der Waals surface area contributed by atoms with Gasteiger partial charge in [-0.25, -0.2) is 23.7 Å². The zero-order valence-electron chi connectivity index (χ0n) is 14.6. The summed E-state index contributed by atoms with van der Waals surface area (Å²) >= 11 is 1.43. The summed E-state index contributed by atoms with van der Waals surface area (Å²) in [5.74, 6) is -2.93. The Morgan fingerprint density at radius 3 is 2.74 bits per heavy atom. The molecule has 27 heavy (non-hydrogen) atoms. The smallest absolute Gasteiger partial charge is 0.270 e. The third-order valence-electron chi connectivity index (χ3n) is 4.13. The average Bonchev–Trinajstić information content (AvgIpc) is 3.07. The Kier molecular flexibility index (Phi) is 4.35. The molecule has 0 unspecified atom stereocenters. The van der Waals surface area contributed by atoms with Crippen molar-refractivity contribution in [3.05, 3.63) is 60.7 Å². The van der Waals surface area contributed by atoms with Gasteiger partial charge in [-0.15, -0.1) is 0 Å². The molecule has 0 saturated heterocycles. The average molecular weight is 383 g/mol. The van der Waals surface area contributed by atoms with Gasteiger partial charge in [-0.2, -0.15) is 0 Å². The van der Waals surface area contributed by atoms with Gasteiger partial charge < -0.3 is 0 Å². The van der Waals surface area contributed by atoms with E-state index in [0.29, 0.717) is 33.4 Å². The van der Waals surface area contributed by atoms with Crippen LogP contribution in [0.25, 0.3) is 28.3 Å². The molecule has 1 aromatic carbocycles. The van der Waals surface area contributed by atoms with E-state index >= 15 is 0 Å². The van der Waals surface area contributed by atoms with Crippen LogP contribution in [-0.4, -0.2) is 30.6 Å². The lowest BCUT2D eigenvalue weighted by Crippen LogP contribution is -2.06. The van der Waals surface area contributed by atoms with Gasteiger partial charge in [-0.05, 0) is 18.4 Å². The van der Waals surface area contributed by atoms with Crippen LogP contribution in [0.3, 0.4) is 0 Å². The van der Waals surface area contributed by atoms with Gasteiger partial charge in [0.1, 0.15) is 0 Å². The number of nitrogens with zero attached hydrogens (tertiary/aromatic N) is 5. The van der Waals surface area contributed by atoms with Crippen molar-refractivity contribution in [2.75, 3.05) is 6.26 Å². The standard InChI is InChI=1S/C19H15F2N5S/c1-19(20,21)13-5-3-4-12(10-13)16-17(14-6-7-23-18(24-14)27-2)26-9-8-22-11-15(26)25-16/h3-11H,1-2H3. The molecular weight excluding hydrogens is 368 g/mol. The molecule has 136 valence electrons. The Labute approximate surface area is 158 Å². The quantitative estimate of drug-likeness (QED) is 0.378. The van der Waals surface area contributed by atoms with Crippen molar-refractivity contribution >= 4 is 17.4 Å². The van der Waals surface area contributed by atoms with E-state index in [-0.39, 0.29) is 5.56 Å². The van der Waals surface area contributed by atoms with E-state index in [0.717, 1.165) is 6.92 Å². The highest BCUT2D eigenvalue weighted by atomic mass is 32.2. The molecule has 4 aromatic rings. The summed E-state index contributed by atoms with van der Waals surface area (Å²) in [6.07, 6.45) is 8.62. The maximum atomic E-state index is 13.8. The first kappa shape index (κ1) is 17.5. The highest BCUT2D eigenvalue weighted by molar-refractivity contribution is 7.98. The van der Waals surface area contributed by atoms with Crippen molar-refractivity contribution in [3.63, 3.8) is 0 Å². The topological polar surface area (TPSA) is 56.0 Å².